The molecule has 0 bridgehead atoms. The molecule has 0 amide bonds. The summed E-state index contributed by atoms with van der Waals surface area (Å²) in [6, 6.07) is 10.2. The van der Waals surface area contributed by atoms with E-state index < -0.39 is 0 Å². The van der Waals surface area contributed by atoms with E-state index >= 15 is 0 Å². The van der Waals surface area contributed by atoms with Crippen LogP contribution in [-0.4, -0.2) is 6.54 Å². The molecule has 1 N–H and O–H groups in total. The van der Waals surface area contributed by atoms with Crippen LogP contribution < -0.4 is 5.32 Å². The third-order valence-corrected chi connectivity index (χ3v) is 4.13. The average molecular weight is 377 g/mol. The van der Waals surface area contributed by atoms with Crippen LogP contribution in [0.4, 0.5) is 4.39 Å². The van der Waals surface area contributed by atoms with Crippen LogP contribution in [0.1, 0.15) is 24.1 Å². The lowest BCUT2D eigenvalue weighted by atomic mass is 9.98. The second kappa shape index (κ2) is 6.90. The Morgan fingerprint density at radius 2 is 1.95 bits per heavy atom. The zero-order valence-electron chi connectivity index (χ0n) is 10.8. The highest BCUT2D eigenvalue weighted by atomic mass is 79.9. The van der Waals surface area contributed by atoms with Gasteiger partial charge in [-0.2, -0.15) is 0 Å². The van der Waals surface area contributed by atoms with Crippen molar-refractivity contribution in [2.24, 2.45) is 0 Å². The zero-order valence-corrected chi connectivity index (χ0v) is 13.9. The minimum Gasteiger partial charge on any atom is -0.306 e. The van der Waals surface area contributed by atoms with Crippen molar-refractivity contribution >= 4 is 39.1 Å². The van der Waals surface area contributed by atoms with Gasteiger partial charge in [-0.3, -0.25) is 0 Å². The number of hydrogen-bond acceptors (Lipinski definition) is 1. The molecular formula is C15H13BrCl2FN. The Hall–Kier alpha value is -0.610. The second-order valence-electron chi connectivity index (χ2n) is 4.33. The topological polar surface area (TPSA) is 12.0 Å². The smallest absolute Gasteiger partial charge is 0.137 e. The molecule has 2 aromatic carbocycles. The van der Waals surface area contributed by atoms with E-state index in [9.17, 15) is 4.39 Å². The van der Waals surface area contributed by atoms with Gasteiger partial charge in [0.2, 0.25) is 0 Å². The summed E-state index contributed by atoms with van der Waals surface area (Å²) in [7, 11) is 0. The number of rotatable bonds is 4. The molecule has 1 unspecified atom stereocenters. The van der Waals surface area contributed by atoms with Gasteiger partial charge in [-0.05, 0) is 57.9 Å². The van der Waals surface area contributed by atoms with Crippen molar-refractivity contribution in [3.63, 3.8) is 0 Å². The van der Waals surface area contributed by atoms with E-state index in [2.05, 4.69) is 21.2 Å². The Bertz CT molecular complexity index is 619. The van der Waals surface area contributed by atoms with Gasteiger partial charge in [-0.15, -0.1) is 0 Å². The van der Waals surface area contributed by atoms with Gasteiger partial charge in [0.25, 0.3) is 0 Å². The fraction of sp³-hybridized carbons (Fsp3) is 0.200. The first-order chi connectivity index (χ1) is 9.52. The van der Waals surface area contributed by atoms with Crippen molar-refractivity contribution in [1.82, 2.24) is 5.32 Å². The Morgan fingerprint density at radius 1 is 1.20 bits per heavy atom. The molecule has 0 spiro atoms. The van der Waals surface area contributed by atoms with Crippen LogP contribution in [0.5, 0.6) is 0 Å². The van der Waals surface area contributed by atoms with Gasteiger partial charge in [0, 0.05) is 10.0 Å². The molecule has 0 saturated heterocycles. The van der Waals surface area contributed by atoms with E-state index in [-0.39, 0.29) is 11.9 Å². The summed E-state index contributed by atoms with van der Waals surface area (Å²) >= 11 is 15.4. The van der Waals surface area contributed by atoms with E-state index in [1.807, 2.05) is 13.0 Å². The SMILES string of the molecule is CCNC(c1ccc(F)c(Br)c1)c1ccc(Cl)cc1Cl. The van der Waals surface area contributed by atoms with Crippen molar-refractivity contribution in [2.45, 2.75) is 13.0 Å². The molecule has 20 heavy (non-hydrogen) atoms. The van der Waals surface area contributed by atoms with Gasteiger partial charge in [-0.25, -0.2) is 4.39 Å². The summed E-state index contributed by atoms with van der Waals surface area (Å²) < 4.78 is 13.8. The number of benzene rings is 2. The maximum absolute atomic E-state index is 13.4. The van der Waals surface area contributed by atoms with Gasteiger partial charge >= 0.3 is 0 Å². The summed E-state index contributed by atoms with van der Waals surface area (Å²) in [6.45, 7) is 2.77. The molecule has 0 radical (unpaired) electrons. The lowest BCUT2D eigenvalue weighted by Gasteiger charge is -2.20. The van der Waals surface area contributed by atoms with E-state index in [1.54, 1.807) is 24.3 Å². The summed E-state index contributed by atoms with van der Waals surface area (Å²) in [4.78, 5) is 0. The summed E-state index contributed by atoms with van der Waals surface area (Å²) in [5, 5.41) is 4.53. The van der Waals surface area contributed by atoms with Crippen molar-refractivity contribution in [3.8, 4) is 0 Å². The molecule has 2 rings (SSSR count). The van der Waals surface area contributed by atoms with Crippen molar-refractivity contribution in [1.29, 1.82) is 0 Å². The lowest BCUT2D eigenvalue weighted by Crippen LogP contribution is -2.22. The molecule has 0 saturated carbocycles. The van der Waals surface area contributed by atoms with E-state index in [0.29, 0.717) is 14.5 Å². The average Bonchev–Trinajstić information content (AvgIpc) is 2.40. The predicted molar refractivity (Wildman–Crippen MR) is 86.1 cm³/mol. The first-order valence-corrected chi connectivity index (χ1v) is 7.71. The van der Waals surface area contributed by atoms with Crippen LogP contribution in [0, 0.1) is 5.82 Å². The number of nitrogens with one attached hydrogen (secondary N) is 1. The van der Waals surface area contributed by atoms with Crippen LogP contribution in [0.25, 0.3) is 0 Å². The maximum Gasteiger partial charge on any atom is 0.137 e. The molecule has 0 fully saturated rings. The highest BCUT2D eigenvalue weighted by Crippen LogP contribution is 2.32. The van der Waals surface area contributed by atoms with Crippen molar-refractivity contribution < 1.29 is 4.39 Å². The third kappa shape index (κ3) is 3.53. The van der Waals surface area contributed by atoms with E-state index in [0.717, 1.165) is 17.7 Å². The molecule has 106 valence electrons. The zero-order chi connectivity index (χ0) is 14.7. The predicted octanol–water partition coefficient (Wildman–Crippen LogP) is 5.59. The molecule has 0 aliphatic heterocycles. The van der Waals surface area contributed by atoms with Crippen LogP contribution in [0.2, 0.25) is 10.0 Å². The van der Waals surface area contributed by atoms with Gasteiger partial charge in [0.05, 0.1) is 10.5 Å². The normalized spacial score (nSPS) is 12.4. The van der Waals surface area contributed by atoms with Gasteiger partial charge < -0.3 is 5.32 Å². The van der Waals surface area contributed by atoms with Crippen molar-refractivity contribution in [3.05, 3.63) is 67.9 Å². The van der Waals surface area contributed by atoms with E-state index in [4.69, 9.17) is 23.2 Å². The number of halogens is 4. The molecule has 1 nitrogen and oxygen atoms in total. The monoisotopic (exact) mass is 375 g/mol. The minimum absolute atomic E-state index is 0.110. The molecule has 1 atom stereocenters. The lowest BCUT2D eigenvalue weighted by molar-refractivity contribution is 0.608. The highest BCUT2D eigenvalue weighted by Gasteiger charge is 2.17. The summed E-state index contributed by atoms with van der Waals surface area (Å²) in [6.07, 6.45) is 0. The second-order valence-corrected chi connectivity index (χ2v) is 6.03. The largest absolute Gasteiger partial charge is 0.306 e. The van der Waals surface area contributed by atoms with Crippen LogP contribution in [-0.2, 0) is 0 Å². The molecule has 2 aromatic rings. The van der Waals surface area contributed by atoms with Gasteiger partial charge in [-0.1, -0.05) is 42.3 Å². The Morgan fingerprint density at radius 3 is 2.55 bits per heavy atom. The standard InChI is InChI=1S/C15H13BrCl2FN/c1-2-20-15(9-3-6-14(19)12(16)7-9)11-5-4-10(17)8-13(11)18/h3-8,15,20H,2H2,1H3. The molecule has 0 heterocycles. The summed E-state index contributed by atoms with van der Waals surface area (Å²) in [5.74, 6) is -0.286. The molecule has 5 heteroatoms. The Labute approximate surface area is 136 Å². The van der Waals surface area contributed by atoms with E-state index in [1.165, 1.54) is 6.07 Å². The van der Waals surface area contributed by atoms with Crippen LogP contribution in [0.3, 0.4) is 0 Å². The molecule has 0 aromatic heterocycles. The molecular weight excluding hydrogens is 364 g/mol. The first-order valence-electron chi connectivity index (χ1n) is 6.16. The molecule has 0 aliphatic rings. The van der Waals surface area contributed by atoms with Crippen molar-refractivity contribution in [2.75, 3.05) is 6.54 Å². The first kappa shape index (κ1) is 15.8. The van der Waals surface area contributed by atoms with Crippen LogP contribution >= 0.6 is 39.1 Å². The Balaban J connectivity index is 2.47. The third-order valence-electron chi connectivity index (χ3n) is 2.96. The number of hydrogen-bond donors (Lipinski definition) is 1. The van der Waals surface area contributed by atoms with Gasteiger partial charge in [0.1, 0.15) is 5.82 Å². The fourth-order valence-corrected chi connectivity index (χ4v) is 2.95. The quantitative estimate of drug-likeness (QED) is 0.732. The van der Waals surface area contributed by atoms with Gasteiger partial charge in [0.15, 0.2) is 0 Å². The Kier molecular flexibility index (Phi) is 5.44. The van der Waals surface area contributed by atoms with Crippen LogP contribution in [0.15, 0.2) is 40.9 Å². The molecule has 0 aliphatic carbocycles. The highest BCUT2D eigenvalue weighted by molar-refractivity contribution is 9.10. The minimum atomic E-state index is -0.286. The fourth-order valence-electron chi connectivity index (χ4n) is 2.04. The summed E-state index contributed by atoms with van der Waals surface area (Å²) in [5.41, 5.74) is 1.85. The maximum atomic E-state index is 13.4.